The van der Waals surface area contributed by atoms with Crippen LogP contribution in [0.5, 0.6) is 0 Å². The zero-order valence-corrected chi connectivity index (χ0v) is 19.6. The number of carbonyl (C=O) groups excluding carboxylic acids is 3. The quantitative estimate of drug-likeness (QED) is 0.412. The number of carboxylic acid groups (broad SMARTS) is 1. The van der Waals surface area contributed by atoms with Gasteiger partial charge in [0.15, 0.2) is 5.16 Å². The molecule has 4 rings (SSSR count). The van der Waals surface area contributed by atoms with Crippen LogP contribution in [0.15, 0.2) is 22.7 Å². The molecule has 3 atom stereocenters. The first-order chi connectivity index (χ1) is 15.2. The van der Waals surface area contributed by atoms with Gasteiger partial charge in [-0.15, -0.1) is 33.3 Å². The summed E-state index contributed by atoms with van der Waals surface area (Å²) in [7, 11) is 1.58. The van der Waals surface area contributed by atoms with Gasteiger partial charge < -0.3 is 20.3 Å². The number of nitrogens with two attached hydrogens (primary N) is 1. The molecule has 0 aromatic carbocycles. The summed E-state index contributed by atoms with van der Waals surface area (Å²) >= 11 is 3.88. The Labute approximate surface area is 195 Å². The fraction of sp³-hybridized carbons (Fsp3) is 0.444. The van der Waals surface area contributed by atoms with Gasteiger partial charge in [-0.2, -0.15) is 0 Å². The van der Waals surface area contributed by atoms with Gasteiger partial charge >= 0.3 is 5.97 Å². The average Bonchev–Trinajstić information content (AvgIpc) is 3.39. The smallest absolute Gasteiger partial charge is 0.313 e. The third-order valence-electron chi connectivity index (χ3n) is 5.46. The summed E-state index contributed by atoms with van der Waals surface area (Å²) in [5.74, 6) is -1.88. The van der Waals surface area contributed by atoms with Crippen LogP contribution >= 0.6 is 34.9 Å². The van der Waals surface area contributed by atoms with E-state index < -0.39 is 23.3 Å². The van der Waals surface area contributed by atoms with Gasteiger partial charge in [-0.1, -0.05) is 11.8 Å². The Morgan fingerprint density at radius 2 is 2.16 bits per heavy atom. The standard InChI is InChI=1S/C18H20N6O5S3/c1-9(25)24(10-4-3-5-30-10)11-14(27)23-6-18(16(28)29,7-31-15(11)23)8-32-17-21-20-13(12(19)26)22(17)2/h3-5,11,15H,6-8H2,1-2H3,(H2,19,26)(H,28,29)/t11?,15-,18?/m1/s1. The Morgan fingerprint density at radius 1 is 1.41 bits per heavy atom. The number of nitrogens with zero attached hydrogens (tertiary/aromatic N) is 5. The second-order valence-corrected chi connectivity index (χ2v) is 10.5. The number of hydrogen-bond acceptors (Lipinski definition) is 9. The molecule has 2 aromatic rings. The van der Waals surface area contributed by atoms with Crippen molar-refractivity contribution >= 4 is 63.6 Å². The van der Waals surface area contributed by atoms with E-state index >= 15 is 0 Å². The van der Waals surface area contributed by atoms with Crippen molar-refractivity contribution in [2.24, 2.45) is 18.2 Å². The highest BCUT2D eigenvalue weighted by molar-refractivity contribution is 8.00. The molecular formula is C18H20N6O5S3. The molecule has 2 aliphatic rings. The number of carboxylic acids is 1. The lowest BCUT2D eigenvalue weighted by Gasteiger charge is -2.55. The summed E-state index contributed by atoms with van der Waals surface area (Å²) in [5, 5.41) is 20.2. The molecule has 3 amide bonds. The van der Waals surface area contributed by atoms with Gasteiger partial charge in [-0.3, -0.25) is 24.1 Å². The van der Waals surface area contributed by atoms with Gasteiger partial charge in [0, 0.05) is 32.0 Å². The van der Waals surface area contributed by atoms with E-state index in [-0.39, 0.29) is 41.1 Å². The monoisotopic (exact) mass is 496 g/mol. The van der Waals surface area contributed by atoms with E-state index in [1.165, 1.54) is 44.4 Å². The Bertz CT molecular complexity index is 1090. The average molecular weight is 497 g/mol. The zero-order valence-electron chi connectivity index (χ0n) is 17.1. The van der Waals surface area contributed by atoms with Crippen LogP contribution in [0.3, 0.4) is 0 Å². The first-order valence-corrected chi connectivity index (χ1v) is 12.4. The van der Waals surface area contributed by atoms with E-state index in [2.05, 4.69) is 10.2 Å². The normalized spacial score (nSPS) is 24.6. The van der Waals surface area contributed by atoms with Crippen molar-refractivity contribution in [3.63, 3.8) is 0 Å². The molecule has 170 valence electrons. The minimum Gasteiger partial charge on any atom is -0.481 e. The first kappa shape index (κ1) is 22.6. The Hall–Kier alpha value is -2.58. The number of rotatable bonds is 7. The fourth-order valence-electron chi connectivity index (χ4n) is 3.74. The predicted octanol–water partition coefficient (Wildman–Crippen LogP) is 0.475. The molecule has 32 heavy (non-hydrogen) atoms. The molecular weight excluding hydrogens is 476 g/mol. The molecule has 0 radical (unpaired) electrons. The number of carbonyl (C=O) groups is 4. The second-order valence-electron chi connectivity index (χ2n) is 7.56. The summed E-state index contributed by atoms with van der Waals surface area (Å²) in [6, 6.07) is 2.95. The summed E-state index contributed by atoms with van der Waals surface area (Å²) in [5.41, 5.74) is 4.04. The highest BCUT2D eigenvalue weighted by Gasteiger charge is 2.59. The van der Waals surface area contributed by atoms with Gasteiger partial charge in [-0.05, 0) is 17.5 Å². The lowest BCUT2D eigenvalue weighted by atomic mass is 9.89. The third kappa shape index (κ3) is 3.65. The first-order valence-electron chi connectivity index (χ1n) is 9.47. The van der Waals surface area contributed by atoms with Crippen molar-refractivity contribution in [1.82, 2.24) is 19.7 Å². The number of aromatic nitrogens is 3. The number of hydrogen-bond donors (Lipinski definition) is 2. The molecule has 0 saturated carbocycles. The summed E-state index contributed by atoms with van der Waals surface area (Å²) in [6.07, 6.45) is 0. The predicted molar refractivity (Wildman–Crippen MR) is 120 cm³/mol. The summed E-state index contributed by atoms with van der Waals surface area (Å²) < 4.78 is 1.41. The summed E-state index contributed by atoms with van der Waals surface area (Å²) in [6.45, 7) is 1.45. The molecule has 14 heteroatoms. The SMILES string of the molecule is CC(=O)N(c1cccs1)C1C(=O)N2CC(CSc3nnc(C(N)=O)n3C)(C(=O)O)CS[C@H]12. The fourth-order valence-corrected chi connectivity index (χ4v) is 7.37. The molecule has 0 bridgehead atoms. The molecule has 2 aliphatic heterocycles. The molecule has 3 N–H and O–H groups in total. The molecule has 11 nitrogen and oxygen atoms in total. The molecule has 2 aromatic heterocycles. The maximum Gasteiger partial charge on any atom is 0.313 e. The van der Waals surface area contributed by atoms with Gasteiger partial charge in [0.05, 0.1) is 5.00 Å². The maximum absolute atomic E-state index is 13.0. The van der Waals surface area contributed by atoms with Crippen LogP contribution in [0.1, 0.15) is 17.5 Å². The minimum absolute atomic E-state index is 0.0198. The highest BCUT2D eigenvalue weighted by atomic mass is 32.2. The maximum atomic E-state index is 13.0. The molecule has 2 fully saturated rings. The van der Waals surface area contributed by atoms with Crippen LogP contribution in [-0.2, 0) is 21.4 Å². The van der Waals surface area contributed by atoms with Gasteiger partial charge in [0.2, 0.25) is 17.6 Å². The largest absolute Gasteiger partial charge is 0.481 e. The number of primary amides is 1. The molecule has 0 spiro atoms. The molecule has 2 saturated heterocycles. The number of amides is 3. The Kier molecular flexibility index (Phi) is 5.94. The number of fused-ring (bicyclic) bond motifs is 1. The lowest BCUT2D eigenvalue weighted by Crippen LogP contribution is -2.74. The number of aliphatic carboxylic acids is 1. The molecule has 0 aliphatic carbocycles. The van der Waals surface area contributed by atoms with Crippen LogP contribution in [0.4, 0.5) is 5.00 Å². The van der Waals surface area contributed by atoms with E-state index in [1.807, 2.05) is 11.4 Å². The number of β-lactam (4-membered cyclic amide) rings is 1. The van der Waals surface area contributed by atoms with Crippen LogP contribution in [0.2, 0.25) is 0 Å². The van der Waals surface area contributed by atoms with Crippen molar-refractivity contribution in [3.05, 3.63) is 23.3 Å². The zero-order chi connectivity index (χ0) is 23.2. The van der Waals surface area contributed by atoms with E-state index in [0.29, 0.717) is 10.2 Å². The van der Waals surface area contributed by atoms with Crippen molar-refractivity contribution < 1.29 is 24.3 Å². The van der Waals surface area contributed by atoms with Gasteiger partial charge in [0.1, 0.15) is 16.8 Å². The number of anilines is 1. The molecule has 4 heterocycles. The van der Waals surface area contributed by atoms with E-state index in [4.69, 9.17) is 5.73 Å². The summed E-state index contributed by atoms with van der Waals surface area (Å²) in [4.78, 5) is 51.9. The van der Waals surface area contributed by atoms with Crippen molar-refractivity contribution in [3.8, 4) is 0 Å². The van der Waals surface area contributed by atoms with E-state index in [0.717, 1.165) is 11.8 Å². The van der Waals surface area contributed by atoms with Gasteiger partial charge in [-0.25, -0.2) is 0 Å². The van der Waals surface area contributed by atoms with E-state index in [1.54, 1.807) is 13.1 Å². The highest BCUT2D eigenvalue weighted by Crippen LogP contribution is 2.46. The number of thiophene rings is 1. The Balaban J connectivity index is 1.50. The van der Waals surface area contributed by atoms with Crippen LogP contribution < -0.4 is 10.6 Å². The third-order valence-corrected chi connectivity index (χ3v) is 9.22. The molecule has 2 unspecified atom stereocenters. The topological polar surface area (TPSA) is 152 Å². The lowest BCUT2D eigenvalue weighted by molar-refractivity contribution is -0.156. The van der Waals surface area contributed by atoms with Gasteiger partial charge in [0.25, 0.3) is 5.91 Å². The second kappa shape index (κ2) is 8.41. The van der Waals surface area contributed by atoms with E-state index in [9.17, 15) is 24.3 Å². The Morgan fingerprint density at radius 3 is 2.72 bits per heavy atom. The van der Waals surface area contributed by atoms with Crippen LogP contribution in [-0.4, -0.2) is 77.9 Å². The number of thioether (sulfide) groups is 2. The minimum atomic E-state index is -1.21. The van der Waals surface area contributed by atoms with Crippen molar-refractivity contribution in [2.45, 2.75) is 23.5 Å². The van der Waals surface area contributed by atoms with Crippen LogP contribution in [0, 0.1) is 5.41 Å². The van der Waals surface area contributed by atoms with Crippen molar-refractivity contribution in [1.29, 1.82) is 0 Å². The van der Waals surface area contributed by atoms with Crippen molar-refractivity contribution in [2.75, 3.05) is 23.0 Å². The van der Waals surface area contributed by atoms with Crippen LogP contribution in [0.25, 0.3) is 0 Å².